The SMILES string of the molecule is CCOc1cc(/C=N/Nc2nc(-c3ccc(F)cc3)cs2)ccc1OC(=O)c1ccccc1OC. The van der Waals surface area contributed by atoms with Crippen LogP contribution in [0.2, 0.25) is 0 Å². The molecule has 178 valence electrons. The van der Waals surface area contributed by atoms with Crippen LogP contribution >= 0.6 is 11.3 Å². The molecule has 0 aliphatic heterocycles. The Labute approximate surface area is 205 Å². The second-order valence-corrected chi connectivity index (χ2v) is 8.00. The van der Waals surface area contributed by atoms with Gasteiger partial charge in [0.15, 0.2) is 11.5 Å². The number of hydrogen-bond donors (Lipinski definition) is 1. The average Bonchev–Trinajstić information content (AvgIpc) is 3.35. The van der Waals surface area contributed by atoms with Crippen LogP contribution in [0, 0.1) is 5.82 Å². The monoisotopic (exact) mass is 491 g/mol. The van der Waals surface area contributed by atoms with E-state index >= 15 is 0 Å². The molecule has 0 saturated heterocycles. The molecule has 0 amide bonds. The van der Waals surface area contributed by atoms with Gasteiger partial charge in [-0.3, -0.25) is 5.43 Å². The van der Waals surface area contributed by atoms with E-state index in [1.165, 1.54) is 30.6 Å². The average molecular weight is 492 g/mol. The summed E-state index contributed by atoms with van der Waals surface area (Å²) in [6.07, 6.45) is 1.60. The van der Waals surface area contributed by atoms with Gasteiger partial charge in [-0.25, -0.2) is 14.2 Å². The molecule has 35 heavy (non-hydrogen) atoms. The summed E-state index contributed by atoms with van der Waals surface area (Å²) in [6, 6.07) is 18.1. The van der Waals surface area contributed by atoms with E-state index < -0.39 is 5.97 Å². The number of hydrogen-bond acceptors (Lipinski definition) is 8. The summed E-state index contributed by atoms with van der Waals surface area (Å²) in [5, 5.41) is 6.68. The number of carbonyl (C=O) groups is 1. The van der Waals surface area contributed by atoms with Crippen LogP contribution < -0.4 is 19.6 Å². The van der Waals surface area contributed by atoms with E-state index in [4.69, 9.17) is 14.2 Å². The van der Waals surface area contributed by atoms with Crippen molar-refractivity contribution in [1.82, 2.24) is 4.98 Å². The van der Waals surface area contributed by atoms with E-state index in [-0.39, 0.29) is 11.6 Å². The Kier molecular flexibility index (Phi) is 7.69. The summed E-state index contributed by atoms with van der Waals surface area (Å²) in [5.41, 5.74) is 5.48. The van der Waals surface area contributed by atoms with Gasteiger partial charge in [0, 0.05) is 10.9 Å². The first-order chi connectivity index (χ1) is 17.1. The van der Waals surface area contributed by atoms with Crippen molar-refractivity contribution in [2.75, 3.05) is 19.1 Å². The maximum atomic E-state index is 13.1. The number of halogens is 1. The number of hydrazone groups is 1. The van der Waals surface area contributed by atoms with Crippen molar-refractivity contribution in [1.29, 1.82) is 0 Å². The molecule has 0 saturated carbocycles. The largest absolute Gasteiger partial charge is 0.496 e. The number of carbonyl (C=O) groups excluding carboxylic acids is 1. The predicted molar refractivity (Wildman–Crippen MR) is 134 cm³/mol. The Bertz CT molecular complexity index is 1340. The van der Waals surface area contributed by atoms with Crippen LogP contribution in [0.25, 0.3) is 11.3 Å². The van der Waals surface area contributed by atoms with Crippen LogP contribution in [0.15, 0.2) is 77.2 Å². The van der Waals surface area contributed by atoms with E-state index in [1.54, 1.807) is 60.8 Å². The first-order valence-corrected chi connectivity index (χ1v) is 11.6. The van der Waals surface area contributed by atoms with Crippen LogP contribution in [0.4, 0.5) is 9.52 Å². The fraction of sp³-hybridized carbons (Fsp3) is 0.115. The molecule has 0 fully saturated rings. The molecule has 1 aromatic heterocycles. The van der Waals surface area contributed by atoms with Crippen molar-refractivity contribution >= 4 is 28.7 Å². The van der Waals surface area contributed by atoms with Gasteiger partial charge < -0.3 is 14.2 Å². The number of aromatic nitrogens is 1. The Hall–Kier alpha value is -4.24. The summed E-state index contributed by atoms with van der Waals surface area (Å²) in [4.78, 5) is 17.1. The van der Waals surface area contributed by atoms with Gasteiger partial charge in [-0.15, -0.1) is 11.3 Å². The lowest BCUT2D eigenvalue weighted by Crippen LogP contribution is -2.11. The molecular weight excluding hydrogens is 469 g/mol. The smallest absolute Gasteiger partial charge is 0.347 e. The van der Waals surface area contributed by atoms with Gasteiger partial charge in [-0.1, -0.05) is 12.1 Å². The summed E-state index contributed by atoms with van der Waals surface area (Å²) in [5.74, 6) is 0.283. The third-order valence-corrected chi connectivity index (χ3v) is 5.56. The normalized spacial score (nSPS) is 10.8. The standard InChI is InChI=1S/C26H22FN3O4S/c1-3-33-24-14-17(8-13-23(24)34-25(31)20-6-4-5-7-22(20)32-2)15-28-30-26-29-21(16-35-26)18-9-11-19(27)12-10-18/h4-16H,3H2,1-2H3,(H,29,30)/b28-15+. The van der Waals surface area contributed by atoms with Crippen LogP contribution in [0.3, 0.4) is 0 Å². The number of methoxy groups -OCH3 is 1. The van der Waals surface area contributed by atoms with Gasteiger partial charge in [0.1, 0.15) is 17.1 Å². The molecule has 1 heterocycles. The molecule has 1 N–H and O–H groups in total. The third kappa shape index (κ3) is 6.01. The van der Waals surface area contributed by atoms with Crippen molar-refractivity contribution in [2.24, 2.45) is 5.10 Å². The van der Waals surface area contributed by atoms with E-state index in [0.29, 0.717) is 28.8 Å². The summed E-state index contributed by atoms with van der Waals surface area (Å²) in [6.45, 7) is 2.23. The molecule has 4 rings (SSSR count). The Morgan fingerprint density at radius 1 is 1.09 bits per heavy atom. The van der Waals surface area contributed by atoms with Gasteiger partial charge in [0.25, 0.3) is 0 Å². The molecule has 7 nitrogen and oxygen atoms in total. The molecule has 0 aliphatic rings. The number of para-hydroxylation sites is 1. The van der Waals surface area contributed by atoms with Crippen molar-refractivity contribution < 1.29 is 23.4 Å². The molecule has 0 radical (unpaired) electrons. The van der Waals surface area contributed by atoms with Gasteiger partial charge in [0.2, 0.25) is 5.13 Å². The lowest BCUT2D eigenvalue weighted by atomic mass is 10.2. The fourth-order valence-corrected chi connectivity index (χ4v) is 3.83. The van der Waals surface area contributed by atoms with Crippen LogP contribution in [0.1, 0.15) is 22.8 Å². The number of benzene rings is 3. The number of nitrogens with zero attached hydrogens (tertiary/aromatic N) is 2. The third-order valence-electron chi connectivity index (χ3n) is 4.82. The van der Waals surface area contributed by atoms with Gasteiger partial charge in [0.05, 0.1) is 25.6 Å². The predicted octanol–water partition coefficient (Wildman–Crippen LogP) is 6.02. The summed E-state index contributed by atoms with van der Waals surface area (Å²) >= 11 is 1.38. The molecular formula is C26H22FN3O4S. The number of rotatable bonds is 9. The Morgan fingerprint density at radius 3 is 2.66 bits per heavy atom. The number of ether oxygens (including phenoxy) is 3. The fourth-order valence-electron chi connectivity index (χ4n) is 3.17. The highest BCUT2D eigenvalue weighted by Gasteiger charge is 2.17. The number of thiazole rings is 1. The topological polar surface area (TPSA) is 82.0 Å². The van der Waals surface area contributed by atoms with Crippen LogP contribution in [-0.2, 0) is 0 Å². The van der Waals surface area contributed by atoms with Gasteiger partial charge >= 0.3 is 5.97 Å². The van der Waals surface area contributed by atoms with Crippen molar-refractivity contribution in [3.63, 3.8) is 0 Å². The second-order valence-electron chi connectivity index (χ2n) is 7.14. The Morgan fingerprint density at radius 2 is 1.89 bits per heavy atom. The van der Waals surface area contributed by atoms with Gasteiger partial charge in [-0.05, 0) is 67.1 Å². The molecule has 3 aromatic carbocycles. The summed E-state index contributed by atoms with van der Waals surface area (Å²) < 4.78 is 29.6. The molecule has 9 heteroatoms. The molecule has 4 aromatic rings. The number of anilines is 1. The van der Waals surface area contributed by atoms with Crippen molar-refractivity contribution in [3.8, 4) is 28.5 Å². The highest BCUT2D eigenvalue weighted by Crippen LogP contribution is 2.30. The maximum absolute atomic E-state index is 13.1. The lowest BCUT2D eigenvalue weighted by Gasteiger charge is -2.12. The van der Waals surface area contributed by atoms with Crippen molar-refractivity contribution in [3.05, 3.63) is 89.1 Å². The molecule has 0 aliphatic carbocycles. The minimum atomic E-state index is -0.549. The minimum absolute atomic E-state index is 0.289. The van der Waals surface area contributed by atoms with Crippen molar-refractivity contribution in [2.45, 2.75) is 6.92 Å². The first-order valence-electron chi connectivity index (χ1n) is 10.7. The van der Waals surface area contributed by atoms with E-state index in [9.17, 15) is 9.18 Å². The summed E-state index contributed by atoms with van der Waals surface area (Å²) in [7, 11) is 1.50. The lowest BCUT2D eigenvalue weighted by molar-refractivity contribution is 0.0725. The highest BCUT2D eigenvalue weighted by molar-refractivity contribution is 7.14. The minimum Gasteiger partial charge on any atom is -0.496 e. The zero-order valence-electron chi connectivity index (χ0n) is 19.0. The quantitative estimate of drug-likeness (QED) is 0.133. The highest BCUT2D eigenvalue weighted by atomic mass is 32.1. The second kappa shape index (κ2) is 11.3. The van der Waals surface area contributed by atoms with Crippen LogP contribution in [0.5, 0.6) is 17.2 Å². The first kappa shape index (κ1) is 23.9. The van der Waals surface area contributed by atoms with E-state index in [2.05, 4.69) is 15.5 Å². The number of nitrogens with one attached hydrogen (secondary N) is 1. The molecule has 0 bridgehead atoms. The number of esters is 1. The molecule has 0 unspecified atom stereocenters. The van der Waals surface area contributed by atoms with E-state index in [1.807, 2.05) is 12.3 Å². The zero-order chi connectivity index (χ0) is 24.6. The Balaban J connectivity index is 1.45. The van der Waals surface area contributed by atoms with Crippen LogP contribution in [-0.4, -0.2) is 30.9 Å². The maximum Gasteiger partial charge on any atom is 0.347 e. The zero-order valence-corrected chi connectivity index (χ0v) is 19.8. The molecule has 0 spiro atoms. The van der Waals surface area contributed by atoms with E-state index in [0.717, 1.165) is 16.8 Å². The molecule has 0 atom stereocenters. The van der Waals surface area contributed by atoms with Gasteiger partial charge in [-0.2, -0.15) is 5.10 Å².